The number of aromatic nitrogens is 1. The molecule has 0 saturated carbocycles. The van der Waals surface area contributed by atoms with Crippen molar-refractivity contribution in [2.45, 2.75) is 10.1 Å². The Labute approximate surface area is 126 Å². The molecular formula is C15H14N2OS2. The third kappa shape index (κ3) is 3.29. The molecule has 0 spiro atoms. The van der Waals surface area contributed by atoms with E-state index in [1.165, 1.54) is 4.90 Å². The molecule has 0 aliphatic carbocycles. The molecule has 0 fully saturated rings. The van der Waals surface area contributed by atoms with Gasteiger partial charge in [-0.3, -0.25) is 0 Å². The highest BCUT2D eigenvalue weighted by Gasteiger charge is 2.06. The van der Waals surface area contributed by atoms with Crippen LogP contribution in [0.2, 0.25) is 0 Å². The van der Waals surface area contributed by atoms with Gasteiger partial charge >= 0.3 is 0 Å². The van der Waals surface area contributed by atoms with E-state index in [0.29, 0.717) is 10.9 Å². The maximum absolute atomic E-state index is 5.72. The number of fused-ring (bicyclic) bond motifs is 1. The van der Waals surface area contributed by atoms with Gasteiger partial charge in [0.05, 0.1) is 0 Å². The summed E-state index contributed by atoms with van der Waals surface area (Å²) in [7, 11) is 0. The van der Waals surface area contributed by atoms with Crippen LogP contribution in [0.1, 0.15) is 0 Å². The minimum Gasteiger partial charge on any atom is -0.431 e. The third-order valence-electron chi connectivity index (χ3n) is 2.71. The molecule has 20 heavy (non-hydrogen) atoms. The molecule has 2 aromatic carbocycles. The van der Waals surface area contributed by atoms with Crippen molar-refractivity contribution in [1.82, 2.24) is 4.98 Å². The van der Waals surface area contributed by atoms with Crippen molar-refractivity contribution in [2.24, 2.45) is 0 Å². The van der Waals surface area contributed by atoms with Crippen molar-refractivity contribution in [1.29, 1.82) is 0 Å². The van der Waals surface area contributed by atoms with E-state index >= 15 is 0 Å². The zero-order chi connectivity index (χ0) is 13.8. The van der Waals surface area contributed by atoms with Crippen LogP contribution in [-0.2, 0) is 0 Å². The number of thioether (sulfide) groups is 2. The first-order valence-electron chi connectivity index (χ1n) is 6.28. The number of oxazole rings is 1. The minimum atomic E-state index is 0.699. The highest BCUT2D eigenvalue weighted by Crippen LogP contribution is 2.26. The van der Waals surface area contributed by atoms with E-state index in [1.807, 2.05) is 36.0 Å². The second-order valence-electron chi connectivity index (χ2n) is 4.22. The Morgan fingerprint density at radius 1 is 1.00 bits per heavy atom. The van der Waals surface area contributed by atoms with Crippen molar-refractivity contribution in [2.75, 3.05) is 17.2 Å². The maximum Gasteiger partial charge on any atom is 0.256 e. The SMILES string of the molecule is Nc1ccc2nc(SCCSc3ccccc3)oc2c1. The van der Waals surface area contributed by atoms with E-state index in [2.05, 4.69) is 29.2 Å². The minimum absolute atomic E-state index is 0.699. The van der Waals surface area contributed by atoms with Crippen LogP contribution in [0.25, 0.3) is 11.1 Å². The second-order valence-corrected chi connectivity index (χ2v) is 6.43. The maximum atomic E-state index is 5.72. The summed E-state index contributed by atoms with van der Waals surface area (Å²) in [5.41, 5.74) is 8.03. The molecule has 3 rings (SSSR count). The van der Waals surface area contributed by atoms with E-state index in [1.54, 1.807) is 11.8 Å². The van der Waals surface area contributed by atoms with Crippen LogP contribution in [0, 0.1) is 0 Å². The Kier molecular flexibility index (Phi) is 4.18. The molecule has 0 unspecified atom stereocenters. The van der Waals surface area contributed by atoms with Crippen LogP contribution in [0.4, 0.5) is 5.69 Å². The summed E-state index contributed by atoms with van der Waals surface area (Å²) < 4.78 is 5.66. The summed E-state index contributed by atoms with van der Waals surface area (Å²) in [5, 5.41) is 0.708. The molecule has 0 bridgehead atoms. The van der Waals surface area contributed by atoms with E-state index < -0.39 is 0 Å². The van der Waals surface area contributed by atoms with Crippen molar-refractivity contribution >= 4 is 40.3 Å². The van der Waals surface area contributed by atoms with Crippen molar-refractivity contribution in [3.63, 3.8) is 0 Å². The molecule has 1 aromatic heterocycles. The lowest BCUT2D eigenvalue weighted by Crippen LogP contribution is -1.83. The van der Waals surface area contributed by atoms with Gasteiger partial charge in [-0.1, -0.05) is 30.0 Å². The fourth-order valence-corrected chi connectivity index (χ4v) is 3.53. The van der Waals surface area contributed by atoms with Crippen LogP contribution in [-0.4, -0.2) is 16.5 Å². The Balaban J connectivity index is 1.55. The highest BCUT2D eigenvalue weighted by molar-refractivity contribution is 8.02. The molecule has 1 heterocycles. The van der Waals surface area contributed by atoms with Gasteiger partial charge in [-0.25, -0.2) is 4.98 Å². The third-order valence-corrected chi connectivity index (χ3v) is 4.82. The molecule has 5 heteroatoms. The molecule has 2 N–H and O–H groups in total. The lowest BCUT2D eigenvalue weighted by Gasteiger charge is -1.99. The van der Waals surface area contributed by atoms with Gasteiger partial charge in [-0.15, -0.1) is 11.8 Å². The first-order valence-corrected chi connectivity index (χ1v) is 8.25. The summed E-state index contributed by atoms with van der Waals surface area (Å²) in [6.07, 6.45) is 0. The molecule has 102 valence electrons. The Morgan fingerprint density at radius 3 is 2.65 bits per heavy atom. The fourth-order valence-electron chi connectivity index (χ4n) is 1.79. The average molecular weight is 302 g/mol. The van der Waals surface area contributed by atoms with Crippen LogP contribution >= 0.6 is 23.5 Å². The van der Waals surface area contributed by atoms with E-state index in [0.717, 1.165) is 22.6 Å². The summed E-state index contributed by atoms with van der Waals surface area (Å²) in [4.78, 5) is 5.72. The van der Waals surface area contributed by atoms with E-state index in [4.69, 9.17) is 10.2 Å². The van der Waals surface area contributed by atoms with Gasteiger partial charge in [0.2, 0.25) is 0 Å². The molecule has 3 nitrogen and oxygen atoms in total. The molecule has 0 radical (unpaired) electrons. The number of anilines is 1. The second kappa shape index (κ2) is 6.24. The van der Waals surface area contributed by atoms with Crippen LogP contribution < -0.4 is 5.73 Å². The van der Waals surface area contributed by atoms with Gasteiger partial charge in [0, 0.05) is 28.2 Å². The summed E-state index contributed by atoms with van der Waals surface area (Å²) in [6, 6.07) is 15.9. The predicted octanol–water partition coefficient (Wildman–Crippen LogP) is 4.29. The zero-order valence-electron chi connectivity index (χ0n) is 10.8. The fraction of sp³-hybridized carbons (Fsp3) is 0.133. The largest absolute Gasteiger partial charge is 0.431 e. The first-order chi connectivity index (χ1) is 9.81. The number of nitrogens with two attached hydrogens (primary N) is 1. The topological polar surface area (TPSA) is 52.0 Å². The monoisotopic (exact) mass is 302 g/mol. The van der Waals surface area contributed by atoms with Gasteiger partial charge in [-0.05, 0) is 24.3 Å². The van der Waals surface area contributed by atoms with Crippen molar-refractivity contribution in [3.8, 4) is 0 Å². The zero-order valence-corrected chi connectivity index (χ0v) is 12.4. The van der Waals surface area contributed by atoms with Gasteiger partial charge in [0.25, 0.3) is 5.22 Å². The normalized spacial score (nSPS) is 11.0. The molecular weight excluding hydrogens is 288 g/mol. The molecule has 0 saturated heterocycles. The lowest BCUT2D eigenvalue weighted by atomic mass is 10.3. The van der Waals surface area contributed by atoms with E-state index in [-0.39, 0.29) is 0 Å². The molecule has 0 aliphatic rings. The molecule has 0 amide bonds. The molecule has 3 aromatic rings. The quantitative estimate of drug-likeness (QED) is 0.433. The van der Waals surface area contributed by atoms with Gasteiger partial charge in [0.15, 0.2) is 5.58 Å². The highest BCUT2D eigenvalue weighted by atomic mass is 32.2. The number of hydrogen-bond acceptors (Lipinski definition) is 5. The summed E-state index contributed by atoms with van der Waals surface area (Å²) in [6.45, 7) is 0. The van der Waals surface area contributed by atoms with Crippen LogP contribution in [0.15, 0.2) is 63.1 Å². The van der Waals surface area contributed by atoms with Crippen molar-refractivity contribution in [3.05, 3.63) is 48.5 Å². The standard InChI is InChI=1S/C15H14N2OS2/c16-11-6-7-13-14(10-11)18-15(17-13)20-9-8-19-12-4-2-1-3-5-12/h1-7,10H,8-9,16H2. The number of nitrogen functional groups attached to an aromatic ring is 1. The van der Waals surface area contributed by atoms with Crippen molar-refractivity contribution < 1.29 is 4.42 Å². The molecule has 0 aliphatic heterocycles. The first kappa shape index (κ1) is 13.4. The Hall–Kier alpha value is -1.59. The van der Waals surface area contributed by atoms with Gasteiger partial charge < -0.3 is 10.2 Å². The summed E-state index contributed by atoms with van der Waals surface area (Å²) in [5.74, 6) is 1.98. The Morgan fingerprint density at radius 2 is 1.80 bits per heavy atom. The predicted molar refractivity (Wildman–Crippen MR) is 86.3 cm³/mol. The van der Waals surface area contributed by atoms with Crippen LogP contribution in [0.5, 0.6) is 0 Å². The van der Waals surface area contributed by atoms with Crippen LogP contribution in [0.3, 0.4) is 0 Å². The van der Waals surface area contributed by atoms with Gasteiger partial charge in [-0.2, -0.15) is 0 Å². The number of nitrogens with zero attached hydrogens (tertiary/aromatic N) is 1. The summed E-state index contributed by atoms with van der Waals surface area (Å²) >= 11 is 3.47. The average Bonchev–Trinajstić information content (AvgIpc) is 2.86. The lowest BCUT2D eigenvalue weighted by molar-refractivity contribution is 0.490. The Bertz CT molecular complexity index is 697. The van der Waals surface area contributed by atoms with Gasteiger partial charge in [0.1, 0.15) is 5.52 Å². The molecule has 0 atom stereocenters. The smallest absolute Gasteiger partial charge is 0.256 e. The number of benzene rings is 2. The van der Waals surface area contributed by atoms with E-state index in [9.17, 15) is 0 Å². The number of hydrogen-bond donors (Lipinski definition) is 1. The number of rotatable bonds is 5.